The number of nitrogens with one attached hydrogen (secondary N) is 2. The first-order chi connectivity index (χ1) is 7.85. The highest BCUT2D eigenvalue weighted by Gasteiger charge is 2.00. The van der Waals surface area contributed by atoms with Crippen molar-refractivity contribution in [3.63, 3.8) is 0 Å². The molecule has 0 amide bonds. The van der Waals surface area contributed by atoms with Gasteiger partial charge in [-0.1, -0.05) is 13.8 Å². The van der Waals surface area contributed by atoms with Gasteiger partial charge in [0.15, 0.2) is 0 Å². The predicted molar refractivity (Wildman–Crippen MR) is 71.8 cm³/mol. The Morgan fingerprint density at radius 1 is 0.812 bits per heavy atom. The molecule has 16 heavy (non-hydrogen) atoms. The Morgan fingerprint density at radius 3 is 1.88 bits per heavy atom. The average Bonchev–Trinajstić information content (AvgIpc) is 2.28. The first-order valence-electron chi connectivity index (χ1n) is 6.69. The summed E-state index contributed by atoms with van der Waals surface area (Å²) in [6, 6.07) is 0. The van der Waals surface area contributed by atoms with Gasteiger partial charge in [-0.2, -0.15) is 0 Å². The van der Waals surface area contributed by atoms with Crippen molar-refractivity contribution in [3.05, 3.63) is 0 Å². The molecule has 0 spiro atoms. The third kappa shape index (κ3) is 10.4. The van der Waals surface area contributed by atoms with Crippen molar-refractivity contribution in [1.82, 2.24) is 15.5 Å². The molecule has 0 fully saturated rings. The van der Waals surface area contributed by atoms with Crippen molar-refractivity contribution in [2.75, 3.05) is 52.4 Å². The smallest absolute Gasteiger partial charge is 0.0107 e. The van der Waals surface area contributed by atoms with E-state index in [-0.39, 0.29) is 0 Å². The Labute approximate surface area is 101 Å². The minimum atomic E-state index is 0.723. The fraction of sp³-hybridized carbons (Fsp3) is 1.00. The molecule has 0 aliphatic heterocycles. The Bertz CT molecular complexity index is 124. The number of nitrogens with zero attached hydrogens (tertiary/aromatic N) is 1. The van der Waals surface area contributed by atoms with Crippen molar-refractivity contribution < 1.29 is 0 Å². The molecule has 4 nitrogen and oxygen atoms in total. The zero-order valence-corrected chi connectivity index (χ0v) is 11.1. The summed E-state index contributed by atoms with van der Waals surface area (Å²) in [4.78, 5) is 2.53. The van der Waals surface area contributed by atoms with Gasteiger partial charge in [-0.3, -0.25) is 0 Å². The molecule has 0 aromatic rings. The van der Waals surface area contributed by atoms with E-state index in [1.807, 2.05) is 0 Å². The second-order valence-electron chi connectivity index (χ2n) is 4.13. The van der Waals surface area contributed by atoms with Crippen LogP contribution in [0.1, 0.15) is 26.7 Å². The Morgan fingerprint density at radius 2 is 1.38 bits per heavy atom. The molecule has 0 saturated carbocycles. The van der Waals surface area contributed by atoms with Gasteiger partial charge in [0.25, 0.3) is 0 Å². The molecule has 0 saturated heterocycles. The fourth-order valence-electron chi connectivity index (χ4n) is 1.73. The van der Waals surface area contributed by atoms with Crippen LogP contribution in [0, 0.1) is 0 Å². The summed E-state index contributed by atoms with van der Waals surface area (Å²) in [6.45, 7) is 12.9. The van der Waals surface area contributed by atoms with Crippen LogP contribution in [-0.4, -0.2) is 57.3 Å². The Kier molecular flexibility index (Phi) is 12.8. The van der Waals surface area contributed by atoms with Crippen molar-refractivity contribution >= 4 is 0 Å². The van der Waals surface area contributed by atoms with Crippen LogP contribution in [0.2, 0.25) is 0 Å². The fourth-order valence-corrected chi connectivity index (χ4v) is 1.73. The highest BCUT2D eigenvalue weighted by Crippen LogP contribution is 1.92. The lowest BCUT2D eigenvalue weighted by atomic mass is 10.3. The molecule has 0 aliphatic rings. The van der Waals surface area contributed by atoms with E-state index >= 15 is 0 Å². The van der Waals surface area contributed by atoms with E-state index in [9.17, 15) is 0 Å². The molecule has 0 aliphatic carbocycles. The maximum Gasteiger partial charge on any atom is 0.0107 e. The normalized spacial score (nSPS) is 11.2. The van der Waals surface area contributed by atoms with Crippen molar-refractivity contribution in [2.24, 2.45) is 5.73 Å². The zero-order chi connectivity index (χ0) is 12.1. The summed E-state index contributed by atoms with van der Waals surface area (Å²) in [5.74, 6) is 0. The number of nitrogens with two attached hydrogens (primary N) is 1. The standard InChI is InChI=1S/C12H30N4/c1-3-10-16(11-4-2)12-9-15-8-7-14-6-5-13/h14-15H,3-13H2,1-2H3. The molecule has 98 valence electrons. The van der Waals surface area contributed by atoms with Crippen LogP contribution < -0.4 is 16.4 Å². The first-order valence-corrected chi connectivity index (χ1v) is 6.69. The van der Waals surface area contributed by atoms with Crippen molar-refractivity contribution in [2.45, 2.75) is 26.7 Å². The van der Waals surface area contributed by atoms with E-state index in [4.69, 9.17) is 5.73 Å². The minimum absolute atomic E-state index is 0.723. The summed E-state index contributed by atoms with van der Waals surface area (Å²) in [6.07, 6.45) is 2.50. The molecule has 4 N–H and O–H groups in total. The van der Waals surface area contributed by atoms with Gasteiger partial charge in [-0.25, -0.2) is 0 Å². The highest BCUT2D eigenvalue weighted by atomic mass is 15.1. The van der Waals surface area contributed by atoms with E-state index < -0.39 is 0 Å². The topological polar surface area (TPSA) is 53.3 Å². The molecule has 0 aromatic heterocycles. The maximum atomic E-state index is 5.39. The highest BCUT2D eigenvalue weighted by molar-refractivity contribution is 4.59. The van der Waals surface area contributed by atoms with Crippen LogP contribution in [0.5, 0.6) is 0 Å². The first kappa shape index (κ1) is 15.8. The second kappa shape index (κ2) is 12.9. The average molecular weight is 230 g/mol. The van der Waals surface area contributed by atoms with Gasteiger partial charge in [-0.05, 0) is 25.9 Å². The molecule has 0 radical (unpaired) electrons. The molecule has 0 unspecified atom stereocenters. The van der Waals surface area contributed by atoms with Crippen LogP contribution in [0.25, 0.3) is 0 Å². The van der Waals surface area contributed by atoms with E-state index in [0.717, 1.165) is 32.7 Å². The Hall–Kier alpha value is -0.160. The van der Waals surface area contributed by atoms with Gasteiger partial charge in [0.2, 0.25) is 0 Å². The van der Waals surface area contributed by atoms with Crippen molar-refractivity contribution in [1.29, 1.82) is 0 Å². The van der Waals surface area contributed by atoms with Gasteiger partial charge >= 0.3 is 0 Å². The summed E-state index contributed by atoms with van der Waals surface area (Å²) in [5, 5.41) is 6.72. The van der Waals surface area contributed by atoms with E-state index in [1.165, 1.54) is 32.5 Å². The molecule has 0 bridgehead atoms. The third-order valence-corrected chi connectivity index (χ3v) is 2.48. The van der Waals surface area contributed by atoms with Gasteiger partial charge in [0.1, 0.15) is 0 Å². The third-order valence-electron chi connectivity index (χ3n) is 2.48. The van der Waals surface area contributed by atoms with Crippen LogP contribution in [-0.2, 0) is 0 Å². The quantitative estimate of drug-likeness (QED) is 0.421. The lowest BCUT2D eigenvalue weighted by molar-refractivity contribution is 0.274. The second-order valence-corrected chi connectivity index (χ2v) is 4.13. The number of rotatable bonds is 12. The zero-order valence-electron chi connectivity index (χ0n) is 11.1. The summed E-state index contributed by atoms with van der Waals surface area (Å²) in [7, 11) is 0. The van der Waals surface area contributed by atoms with Gasteiger partial charge in [-0.15, -0.1) is 0 Å². The van der Waals surface area contributed by atoms with Gasteiger partial charge in [0, 0.05) is 39.3 Å². The maximum absolute atomic E-state index is 5.39. The van der Waals surface area contributed by atoms with Gasteiger partial charge in [0.05, 0.1) is 0 Å². The molecular weight excluding hydrogens is 200 g/mol. The molecule has 0 heterocycles. The monoisotopic (exact) mass is 230 g/mol. The number of hydrogen-bond acceptors (Lipinski definition) is 4. The predicted octanol–water partition coefficient (Wildman–Crippen LogP) is 0.246. The summed E-state index contributed by atoms with van der Waals surface area (Å²) in [5.41, 5.74) is 5.39. The molecule has 0 aromatic carbocycles. The van der Waals surface area contributed by atoms with E-state index in [1.54, 1.807) is 0 Å². The Balaban J connectivity index is 3.25. The molecule has 4 heteroatoms. The minimum Gasteiger partial charge on any atom is -0.329 e. The molecular formula is C12H30N4. The van der Waals surface area contributed by atoms with E-state index in [0.29, 0.717) is 0 Å². The lowest BCUT2D eigenvalue weighted by Crippen LogP contribution is -2.36. The van der Waals surface area contributed by atoms with Crippen LogP contribution in [0.15, 0.2) is 0 Å². The number of hydrogen-bond donors (Lipinski definition) is 3. The van der Waals surface area contributed by atoms with Crippen LogP contribution in [0.3, 0.4) is 0 Å². The van der Waals surface area contributed by atoms with Crippen molar-refractivity contribution in [3.8, 4) is 0 Å². The van der Waals surface area contributed by atoms with E-state index in [2.05, 4.69) is 29.4 Å². The molecule has 0 rings (SSSR count). The van der Waals surface area contributed by atoms with Gasteiger partial charge < -0.3 is 21.3 Å². The van der Waals surface area contributed by atoms with Crippen LogP contribution >= 0.6 is 0 Å². The largest absolute Gasteiger partial charge is 0.329 e. The molecule has 0 atom stereocenters. The summed E-state index contributed by atoms with van der Waals surface area (Å²) < 4.78 is 0. The lowest BCUT2D eigenvalue weighted by Gasteiger charge is -2.20. The SMILES string of the molecule is CCCN(CCC)CCNCCNCCN. The van der Waals surface area contributed by atoms with Crippen LogP contribution in [0.4, 0.5) is 0 Å². The summed E-state index contributed by atoms with van der Waals surface area (Å²) >= 11 is 0.